The van der Waals surface area contributed by atoms with E-state index in [4.69, 9.17) is 0 Å². The molecule has 0 aliphatic carbocycles. The number of halogens is 1. The minimum Gasteiger partial charge on any atom is -0.345 e. The molecule has 1 aliphatic rings. The standard InChI is InChI=1S/C18H25FN2/c1-14(2)21-13-15(12-20-10-5-3-4-6-11-20)18-16(19)8-7-9-17(18)21/h7-9,13-14H,3-6,10-12H2,1-2H3. The number of benzene rings is 1. The summed E-state index contributed by atoms with van der Waals surface area (Å²) in [6, 6.07) is 5.78. The highest BCUT2D eigenvalue weighted by molar-refractivity contribution is 5.84. The smallest absolute Gasteiger partial charge is 0.132 e. The summed E-state index contributed by atoms with van der Waals surface area (Å²) in [5, 5.41) is 0.815. The van der Waals surface area contributed by atoms with Gasteiger partial charge in [0.15, 0.2) is 0 Å². The van der Waals surface area contributed by atoms with E-state index >= 15 is 0 Å². The number of nitrogens with zero attached hydrogens (tertiary/aromatic N) is 2. The van der Waals surface area contributed by atoms with E-state index in [-0.39, 0.29) is 5.82 Å². The Labute approximate surface area is 126 Å². The molecule has 0 amide bonds. The molecule has 21 heavy (non-hydrogen) atoms. The molecule has 1 aromatic carbocycles. The summed E-state index contributed by atoms with van der Waals surface area (Å²) in [6.07, 6.45) is 7.36. The first kappa shape index (κ1) is 14.6. The van der Waals surface area contributed by atoms with Crippen molar-refractivity contribution in [1.82, 2.24) is 9.47 Å². The van der Waals surface area contributed by atoms with Crippen LogP contribution in [0.1, 0.15) is 51.1 Å². The molecule has 114 valence electrons. The van der Waals surface area contributed by atoms with E-state index in [1.807, 2.05) is 12.1 Å². The van der Waals surface area contributed by atoms with Crippen LogP contribution < -0.4 is 0 Å². The third kappa shape index (κ3) is 2.98. The molecule has 0 N–H and O–H groups in total. The van der Waals surface area contributed by atoms with Gasteiger partial charge >= 0.3 is 0 Å². The lowest BCUT2D eigenvalue weighted by atomic mass is 10.1. The second-order valence-corrected chi connectivity index (χ2v) is 6.48. The summed E-state index contributed by atoms with van der Waals surface area (Å²) in [5.74, 6) is -0.0864. The first-order valence-electron chi connectivity index (χ1n) is 8.17. The second-order valence-electron chi connectivity index (χ2n) is 6.48. The third-order valence-electron chi connectivity index (χ3n) is 4.53. The molecule has 0 unspecified atom stereocenters. The average Bonchev–Trinajstić information content (AvgIpc) is 2.64. The van der Waals surface area contributed by atoms with E-state index in [0.717, 1.165) is 36.1 Å². The molecule has 0 spiro atoms. The molecular formula is C18H25FN2. The van der Waals surface area contributed by atoms with E-state index in [1.165, 1.54) is 25.7 Å². The fourth-order valence-corrected chi connectivity index (χ4v) is 3.43. The van der Waals surface area contributed by atoms with E-state index in [2.05, 4.69) is 29.5 Å². The predicted octanol–water partition coefficient (Wildman–Crippen LogP) is 4.74. The van der Waals surface area contributed by atoms with Crippen molar-refractivity contribution < 1.29 is 4.39 Å². The summed E-state index contributed by atoms with van der Waals surface area (Å²) in [7, 11) is 0. The summed E-state index contributed by atoms with van der Waals surface area (Å²) < 4.78 is 16.5. The van der Waals surface area contributed by atoms with Crippen molar-refractivity contribution in [3.05, 3.63) is 35.8 Å². The van der Waals surface area contributed by atoms with Gasteiger partial charge in [-0.2, -0.15) is 0 Å². The van der Waals surface area contributed by atoms with E-state index in [1.54, 1.807) is 6.07 Å². The number of fused-ring (bicyclic) bond motifs is 1. The zero-order chi connectivity index (χ0) is 14.8. The van der Waals surface area contributed by atoms with Crippen LogP contribution in [-0.4, -0.2) is 22.6 Å². The number of aromatic nitrogens is 1. The van der Waals surface area contributed by atoms with Gasteiger partial charge in [0.2, 0.25) is 0 Å². The van der Waals surface area contributed by atoms with Gasteiger partial charge in [-0.05, 0) is 57.5 Å². The third-order valence-corrected chi connectivity index (χ3v) is 4.53. The van der Waals surface area contributed by atoms with Crippen molar-refractivity contribution in [3.63, 3.8) is 0 Å². The van der Waals surface area contributed by atoms with Gasteiger partial charge in [0, 0.05) is 24.2 Å². The molecule has 1 aliphatic heterocycles. The average molecular weight is 288 g/mol. The van der Waals surface area contributed by atoms with Crippen LogP contribution in [0.2, 0.25) is 0 Å². The van der Waals surface area contributed by atoms with Crippen LogP contribution >= 0.6 is 0 Å². The number of likely N-dealkylation sites (tertiary alicyclic amines) is 1. The number of hydrogen-bond donors (Lipinski definition) is 0. The summed E-state index contributed by atoms with van der Waals surface area (Å²) in [5.41, 5.74) is 2.16. The molecule has 0 radical (unpaired) electrons. The molecular weight excluding hydrogens is 263 g/mol. The Morgan fingerprint density at radius 3 is 2.48 bits per heavy atom. The lowest BCUT2D eigenvalue weighted by molar-refractivity contribution is 0.277. The Morgan fingerprint density at radius 2 is 1.81 bits per heavy atom. The first-order valence-corrected chi connectivity index (χ1v) is 8.17. The van der Waals surface area contributed by atoms with Crippen LogP contribution in [0.4, 0.5) is 4.39 Å². The largest absolute Gasteiger partial charge is 0.345 e. The van der Waals surface area contributed by atoms with Crippen LogP contribution in [0.3, 0.4) is 0 Å². The normalized spacial score (nSPS) is 17.5. The van der Waals surface area contributed by atoms with Gasteiger partial charge in [-0.1, -0.05) is 18.9 Å². The minimum atomic E-state index is -0.0864. The second kappa shape index (κ2) is 6.18. The zero-order valence-corrected chi connectivity index (χ0v) is 13.1. The van der Waals surface area contributed by atoms with Gasteiger partial charge in [-0.15, -0.1) is 0 Å². The van der Waals surface area contributed by atoms with Gasteiger partial charge in [-0.25, -0.2) is 4.39 Å². The molecule has 2 aromatic rings. The Kier molecular flexibility index (Phi) is 4.29. The topological polar surface area (TPSA) is 8.17 Å². The van der Waals surface area contributed by atoms with Crippen LogP contribution in [0.5, 0.6) is 0 Å². The Bertz CT molecular complexity index is 607. The van der Waals surface area contributed by atoms with E-state index in [0.29, 0.717) is 6.04 Å². The summed E-state index contributed by atoms with van der Waals surface area (Å²) >= 11 is 0. The molecule has 3 heteroatoms. The van der Waals surface area contributed by atoms with Crippen LogP contribution in [0, 0.1) is 5.82 Å². The maximum Gasteiger partial charge on any atom is 0.132 e. The van der Waals surface area contributed by atoms with E-state index in [9.17, 15) is 4.39 Å². The number of rotatable bonds is 3. The molecule has 3 rings (SSSR count). The maximum absolute atomic E-state index is 14.3. The quantitative estimate of drug-likeness (QED) is 0.792. The molecule has 0 saturated carbocycles. The SMILES string of the molecule is CC(C)n1cc(CN2CCCCCC2)c2c(F)cccc21. The molecule has 1 fully saturated rings. The highest BCUT2D eigenvalue weighted by atomic mass is 19.1. The minimum absolute atomic E-state index is 0.0864. The van der Waals surface area contributed by atoms with Crippen LogP contribution in [0.25, 0.3) is 10.9 Å². The highest BCUT2D eigenvalue weighted by Gasteiger charge is 2.17. The summed E-state index contributed by atoms with van der Waals surface area (Å²) in [4.78, 5) is 2.49. The van der Waals surface area contributed by atoms with Gasteiger partial charge in [0.1, 0.15) is 5.82 Å². The summed E-state index contributed by atoms with van der Waals surface area (Å²) in [6.45, 7) is 7.46. The fraction of sp³-hybridized carbons (Fsp3) is 0.556. The van der Waals surface area contributed by atoms with Crippen LogP contribution in [0.15, 0.2) is 24.4 Å². The van der Waals surface area contributed by atoms with Crippen molar-refractivity contribution in [2.45, 2.75) is 52.1 Å². The van der Waals surface area contributed by atoms with Crippen molar-refractivity contribution in [2.75, 3.05) is 13.1 Å². The molecule has 1 aromatic heterocycles. The van der Waals surface area contributed by atoms with E-state index < -0.39 is 0 Å². The lowest BCUT2D eigenvalue weighted by Crippen LogP contribution is -2.23. The van der Waals surface area contributed by atoms with Crippen molar-refractivity contribution in [2.24, 2.45) is 0 Å². The van der Waals surface area contributed by atoms with Gasteiger partial charge in [0.25, 0.3) is 0 Å². The molecule has 1 saturated heterocycles. The van der Waals surface area contributed by atoms with Gasteiger partial charge < -0.3 is 4.57 Å². The molecule has 0 atom stereocenters. The Hall–Kier alpha value is -1.35. The van der Waals surface area contributed by atoms with Crippen molar-refractivity contribution in [1.29, 1.82) is 0 Å². The molecule has 2 heterocycles. The van der Waals surface area contributed by atoms with Gasteiger partial charge in [-0.3, -0.25) is 4.90 Å². The predicted molar refractivity (Wildman–Crippen MR) is 86.0 cm³/mol. The first-order chi connectivity index (χ1) is 10.2. The fourth-order valence-electron chi connectivity index (χ4n) is 3.43. The van der Waals surface area contributed by atoms with Crippen molar-refractivity contribution >= 4 is 10.9 Å². The molecule has 2 nitrogen and oxygen atoms in total. The Balaban J connectivity index is 1.97. The zero-order valence-electron chi connectivity index (χ0n) is 13.1. The monoisotopic (exact) mass is 288 g/mol. The highest BCUT2D eigenvalue weighted by Crippen LogP contribution is 2.28. The Morgan fingerprint density at radius 1 is 1.10 bits per heavy atom. The van der Waals surface area contributed by atoms with Crippen molar-refractivity contribution in [3.8, 4) is 0 Å². The molecule has 0 bridgehead atoms. The van der Waals surface area contributed by atoms with Crippen LogP contribution in [-0.2, 0) is 6.54 Å². The number of hydrogen-bond acceptors (Lipinski definition) is 1. The van der Waals surface area contributed by atoms with Gasteiger partial charge in [0.05, 0.1) is 5.52 Å². The lowest BCUT2D eigenvalue weighted by Gasteiger charge is -2.19. The maximum atomic E-state index is 14.3.